The number of benzene rings is 3. The highest BCUT2D eigenvalue weighted by Crippen LogP contribution is 2.51. The van der Waals surface area contributed by atoms with E-state index in [1.54, 1.807) is 18.9 Å². The van der Waals surface area contributed by atoms with E-state index >= 15 is 0 Å². The van der Waals surface area contributed by atoms with Crippen LogP contribution < -0.4 is 9.64 Å². The van der Waals surface area contributed by atoms with Gasteiger partial charge in [0, 0.05) is 30.6 Å². The Morgan fingerprint density at radius 1 is 0.861 bits per heavy atom. The molecule has 2 aliphatic heterocycles. The number of thioether (sulfide) groups is 2. The summed E-state index contributed by atoms with van der Waals surface area (Å²) in [5.41, 5.74) is 3.55. The molecule has 2 heterocycles. The first kappa shape index (κ1) is 24.5. The summed E-state index contributed by atoms with van der Waals surface area (Å²) >= 11 is 3.16. The molecule has 36 heavy (non-hydrogen) atoms. The number of aliphatic imine (C=N–C) groups is 1. The molecule has 1 fully saturated rings. The lowest BCUT2D eigenvalue weighted by atomic mass is 10.1. The minimum Gasteiger partial charge on any atom is -0.497 e. The maximum Gasteiger partial charge on any atom is 0.269 e. The Morgan fingerprint density at radius 2 is 1.56 bits per heavy atom. The summed E-state index contributed by atoms with van der Waals surface area (Å²) in [6.45, 7) is 4.13. The van der Waals surface area contributed by atoms with Crippen LogP contribution in [0.2, 0.25) is 0 Å². The van der Waals surface area contributed by atoms with Gasteiger partial charge < -0.3 is 9.64 Å². The van der Waals surface area contributed by atoms with Gasteiger partial charge in [0.2, 0.25) is 0 Å². The molecule has 0 atom stereocenters. The predicted octanol–water partition coefficient (Wildman–Crippen LogP) is 6.21. The zero-order chi connectivity index (χ0) is 24.9. The van der Waals surface area contributed by atoms with Crippen LogP contribution in [-0.2, 0) is 17.6 Å². The van der Waals surface area contributed by atoms with Crippen LogP contribution in [0.5, 0.6) is 5.75 Å². The summed E-state index contributed by atoms with van der Waals surface area (Å²) in [5, 5.41) is 1.77. The molecule has 0 unspecified atom stereocenters. The Balaban J connectivity index is 1.43. The van der Waals surface area contributed by atoms with Gasteiger partial charge in [0.15, 0.2) is 5.17 Å². The molecule has 1 saturated heterocycles. The van der Waals surface area contributed by atoms with E-state index in [9.17, 15) is 4.79 Å². The number of rotatable bonds is 8. The fourth-order valence-electron chi connectivity index (χ4n) is 4.33. The highest BCUT2D eigenvalue weighted by atomic mass is 32.2. The fourth-order valence-corrected chi connectivity index (χ4v) is 6.74. The molecule has 5 nitrogen and oxygen atoms in total. The topological polar surface area (TPSA) is 45.1 Å². The van der Waals surface area contributed by atoms with Gasteiger partial charge in [-0.1, -0.05) is 72.4 Å². The second kappa shape index (κ2) is 11.3. The summed E-state index contributed by atoms with van der Waals surface area (Å²) in [6, 6.07) is 26.8. The Labute approximate surface area is 221 Å². The summed E-state index contributed by atoms with van der Waals surface area (Å²) in [4.78, 5) is 24.7. The monoisotopic (exact) mass is 515 g/mol. The number of ether oxygens (including phenoxy) is 1. The van der Waals surface area contributed by atoms with Gasteiger partial charge in [-0.3, -0.25) is 14.7 Å². The lowest BCUT2D eigenvalue weighted by Gasteiger charge is -2.19. The van der Waals surface area contributed by atoms with Crippen molar-refractivity contribution in [2.24, 2.45) is 4.99 Å². The van der Waals surface area contributed by atoms with Gasteiger partial charge in [0.05, 0.1) is 12.8 Å². The van der Waals surface area contributed by atoms with Crippen LogP contribution in [-0.4, -0.2) is 42.7 Å². The molecule has 3 aromatic rings. The van der Waals surface area contributed by atoms with Gasteiger partial charge in [-0.25, -0.2) is 0 Å². The maximum absolute atomic E-state index is 13.8. The number of anilines is 1. The Hall–Kier alpha value is -3.16. The number of methoxy groups -OCH3 is 1. The van der Waals surface area contributed by atoms with E-state index in [0.29, 0.717) is 13.1 Å². The SMILES string of the molecule is CCN1/C(=C2/SC(=NCCc3ccccc3)N(CCc3ccccc3)C2=O)Sc2ccc(OC)cc21. The van der Waals surface area contributed by atoms with Crippen molar-refractivity contribution in [3.05, 3.63) is 99.9 Å². The number of amides is 1. The van der Waals surface area contributed by atoms with Crippen LogP contribution in [0.3, 0.4) is 0 Å². The summed E-state index contributed by atoms with van der Waals surface area (Å²) in [5.74, 6) is 0.854. The highest BCUT2D eigenvalue weighted by Gasteiger charge is 2.39. The van der Waals surface area contributed by atoms with Gasteiger partial charge in [-0.2, -0.15) is 0 Å². The zero-order valence-electron chi connectivity index (χ0n) is 20.5. The quantitative estimate of drug-likeness (QED) is 0.334. The van der Waals surface area contributed by atoms with Gasteiger partial charge in [0.25, 0.3) is 5.91 Å². The molecule has 1 amide bonds. The number of carbonyl (C=O) groups is 1. The Bertz CT molecular complexity index is 1290. The largest absolute Gasteiger partial charge is 0.497 e. The van der Waals surface area contributed by atoms with Gasteiger partial charge in [-0.15, -0.1) is 0 Å². The van der Waals surface area contributed by atoms with Crippen molar-refractivity contribution in [1.29, 1.82) is 0 Å². The number of fused-ring (bicyclic) bond motifs is 1. The van der Waals surface area contributed by atoms with E-state index in [2.05, 4.69) is 42.2 Å². The molecule has 0 aromatic heterocycles. The molecule has 3 aromatic carbocycles. The molecule has 7 heteroatoms. The summed E-state index contributed by atoms with van der Waals surface area (Å²) in [6.07, 6.45) is 1.63. The second-order valence-electron chi connectivity index (χ2n) is 8.51. The maximum atomic E-state index is 13.8. The molecular formula is C29H29N3O2S2. The highest BCUT2D eigenvalue weighted by molar-refractivity contribution is 8.19. The summed E-state index contributed by atoms with van der Waals surface area (Å²) in [7, 11) is 1.68. The van der Waals surface area contributed by atoms with E-state index in [-0.39, 0.29) is 5.91 Å². The van der Waals surface area contributed by atoms with Crippen molar-refractivity contribution in [3.63, 3.8) is 0 Å². The average molecular weight is 516 g/mol. The second-order valence-corrected chi connectivity index (χ2v) is 10.5. The van der Waals surface area contributed by atoms with Gasteiger partial charge in [-0.05, 0) is 54.8 Å². The van der Waals surface area contributed by atoms with Crippen LogP contribution in [0.1, 0.15) is 18.1 Å². The first-order valence-electron chi connectivity index (χ1n) is 12.2. The number of hydrogen-bond donors (Lipinski definition) is 0. The summed E-state index contributed by atoms with van der Waals surface area (Å²) < 4.78 is 5.45. The molecule has 0 radical (unpaired) electrons. The van der Waals surface area contributed by atoms with Crippen molar-refractivity contribution >= 4 is 40.3 Å². The number of carbonyl (C=O) groups excluding carboxylic acids is 1. The molecular weight excluding hydrogens is 486 g/mol. The molecule has 0 bridgehead atoms. The van der Waals surface area contributed by atoms with Gasteiger partial charge >= 0.3 is 0 Å². The van der Waals surface area contributed by atoms with E-state index in [1.165, 1.54) is 22.9 Å². The molecule has 0 aliphatic carbocycles. The van der Waals surface area contributed by atoms with Crippen molar-refractivity contribution in [2.45, 2.75) is 24.7 Å². The zero-order valence-corrected chi connectivity index (χ0v) is 22.1. The van der Waals surface area contributed by atoms with Crippen LogP contribution in [0, 0.1) is 0 Å². The number of hydrogen-bond acceptors (Lipinski definition) is 6. The molecule has 2 aliphatic rings. The third-order valence-electron chi connectivity index (χ3n) is 6.24. The van der Waals surface area contributed by atoms with Gasteiger partial charge in [0.1, 0.15) is 15.7 Å². The number of amidine groups is 1. The Kier molecular flexibility index (Phi) is 7.68. The molecule has 5 rings (SSSR count). The molecule has 0 spiro atoms. The minimum absolute atomic E-state index is 0.0371. The smallest absolute Gasteiger partial charge is 0.269 e. The van der Waals surface area contributed by atoms with Crippen LogP contribution in [0.25, 0.3) is 0 Å². The van der Waals surface area contributed by atoms with E-state index in [1.807, 2.05) is 53.4 Å². The normalized spacial score (nSPS) is 18.3. The van der Waals surface area contributed by atoms with Crippen molar-refractivity contribution in [3.8, 4) is 5.75 Å². The van der Waals surface area contributed by atoms with E-state index in [4.69, 9.17) is 9.73 Å². The molecule has 0 N–H and O–H groups in total. The minimum atomic E-state index is 0.0371. The van der Waals surface area contributed by atoms with Crippen molar-refractivity contribution < 1.29 is 9.53 Å². The van der Waals surface area contributed by atoms with E-state index in [0.717, 1.165) is 50.8 Å². The van der Waals surface area contributed by atoms with Crippen LogP contribution in [0.4, 0.5) is 5.69 Å². The average Bonchev–Trinajstić information content (AvgIpc) is 3.44. The van der Waals surface area contributed by atoms with E-state index < -0.39 is 0 Å². The van der Waals surface area contributed by atoms with Crippen LogP contribution in [0.15, 0.2) is 98.7 Å². The third-order valence-corrected chi connectivity index (χ3v) is 8.66. The first-order valence-corrected chi connectivity index (χ1v) is 13.8. The number of nitrogens with zero attached hydrogens (tertiary/aromatic N) is 3. The molecule has 184 valence electrons. The van der Waals surface area contributed by atoms with Crippen molar-refractivity contribution in [2.75, 3.05) is 31.6 Å². The standard InChI is InChI=1S/C29H29N3O2S2/c1-3-31-24-20-23(34-2)14-15-25(24)35-28(31)26-27(33)32(19-17-22-12-8-5-9-13-22)29(36-26)30-18-16-21-10-6-4-7-11-21/h4-15,20H,3,16-19H2,1-2H3/b28-26-,30-29?. The lowest BCUT2D eigenvalue weighted by Crippen LogP contribution is -2.32. The van der Waals surface area contributed by atoms with Crippen molar-refractivity contribution in [1.82, 2.24) is 4.90 Å². The van der Waals surface area contributed by atoms with Crippen LogP contribution >= 0.6 is 23.5 Å². The molecule has 0 saturated carbocycles. The Morgan fingerprint density at radius 3 is 2.22 bits per heavy atom. The fraction of sp³-hybridized carbons (Fsp3) is 0.241. The first-order chi connectivity index (χ1) is 17.7. The lowest BCUT2D eigenvalue weighted by molar-refractivity contribution is -0.122. The third kappa shape index (κ3) is 5.18. The predicted molar refractivity (Wildman–Crippen MR) is 151 cm³/mol.